The molecule has 1 amide bonds. The summed E-state index contributed by atoms with van der Waals surface area (Å²) in [4.78, 5) is 26.8. The molecule has 0 aliphatic carbocycles. The minimum atomic E-state index is -4.69. The van der Waals surface area contributed by atoms with Crippen molar-refractivity contribution in [2.75, 3.05) is 66.8 Å². The number of anilines is 5. The highest BCUT2D eigenvalue weighted by Gasteiger charge is 2.35. The van der Waals surface area contributed by atoms with Crippen LogP contribution in [0.2, 0.25) is 0 Å². The van der Waals surface area contributed by atoms with Gasteiger partial charge >= 0.3 is 6.18 Å². The Balaban J connectivity index is 1.11. The molecule has 2 saturated heterocycles. The molecule has 3 aliphatic heterocycles. The highest BCUT2D eigenvalue weighted by Crippen LogP contribution is 2.36. The van der Waals surface area contributed by atoms with Gasteiger partial charge in [0.2, 0.25) is 11.9 Å². The predicted octanol–water partition coefficient (Wildman–Crippen LogP) is 3.55. The number of nitrogens with two attached hydrogens (primary N) is 1. The molecular formula is C30H36F3N9O2. The zero-order chi connectivity index (χ0) is 30.8. The fourth-order valence-corrected chi connectivity index (χ4v) is 6.20. The number of carbonyl (C=O) groups is 1. The van der Waals surface area contributed by atoms with Crippen molar-refractivity contribution >= 4 is 34.7 Å². The van der Waals surface area contributed by atoms with E-state index in [4.69, 9.17) is 5.73 Å². The van der Waals surface area contributed by atoms with Crippen molar-refractivity contribution in [3.8, 4) is 5.75 Å². The number of fused-ring (bicyclic) bond motifs is 1. The lowest BCUT2D eigenvalue weighted by atomic mass is 10.0. The van der Waals surface area contributed by atoms with Gasteiger partial charge in [-0.2, -0.15) is 18.2 Å². The molecule has 44 heavy (non-hydrogen) atoms. The van der Waals surface area contributed by atoms with E-state index < -0.39 is 17.6 Å². The molecule has 0 bridgehead atoms. The van der Waals surface area contributed by atoms with E-state index in [1.807, 2.05) is 6.07 Å². The Kier molecular flexibility index (Phi) is 8.47. The maximum Gasteiger partial charge on any atom is 0.421 e. The number of phenols is 1. The van der Waals surface area contributed by atoms with E-state index in [0.717, 1.165) is 63.4 Å². The minimum Gasteiger partial charge on any atom is -0.506 e. The molecule has 1 aromatic heterocycles. The highest BCUT2D eigenvalue weighted by molar-refractivity contribution is 5.99. The summed E-state index contributed by atoms with van der Waals surface area (Å²) in [5.41, 5.74) is 7.97. The van der Waals surface area contributed by atoms with Crippen molar-refractivity contribution in [2.24, 2.45) is 5.73 Å². The molecule has 11 nitrogen and oxygen atoms in total. The first-order valence-electron chi connectivity index (χ1n) is 14.8. The number of aromatic nitrogens is 2. The van der Waals surface area contributed by atoms with Gasteiger partial charge in [-0.05, 0) is 42.2 Å². The molecule has 0 saturated carbocycles. The van der Waals surface area contributed by atoms with Gasteiger partial charge in [-0.3, -0.25) is 14.6 Å². The van der Waals surface area contributed by atoms with Crippen molar-refractivity contribution in [3.05, 3.63) is 59.3 Å². The number of aromatic hydroxyl groups is 1. The molecule has 0 unspecified atom stereocenters. The number of likely N-dealkylation sites (tertiary alicyclic amines) is 1. The molecule has 3 aliphatic rings. The molecule has 234 valence electrons. The second-order valence-corrected chi connectivity index (χ2v) is 11.4. The number of halogens is 3. The van der Waals surface area contributed by atoms with Gasteiger partial charge < -0.3 is 31.7 Å². The summed E-state index contributed by atoms with van der Waals surface area (Å²) < 4.78 is 41.4. The second-order valence-electron chi connectivity index (χ2n) is 11.4. The van der Waals surface area contributed by atoms with Crippen LogP contribution in [0.25, 0.3) is 0 Å². The number of benzene rings is 2. The highest BCUT2D eigenvalue weighted by atomic mass is 19.4. The van der Waals surface area contributed by atoms with Crippen LogP contribution in [-0.4, -0.2) is 82.8 Å². The van der Waals surface area contributed by atoms with Gasteiger partial charge in [0.15, 0.2) is 0 Å². The van der Waals surface area contributed by atoms with Gasteiger partial charge in [-0.25, -0.2) is 4.98 Å². The summed E-state index contributed by atoms with van der Waals surface area (Å²) in [6.07, 6.45) is -1.58. The van der Waals surface area contributed by atoms with Crippen LogP contribution in [0.5, 0.6) is 5.75 Å². The quantitative estimate of drug-likeness (QED) is 0.241. The molecule has 2 fully saturated rings. The van der Waals surface area contributed by atoms with Crippen molar-refractivity contribution < 1.29 is 23.1 Å². The lowest BCUT2D eigenvalue weighted by Crippen LogP contribution is -2.53. The number of nitrogens with zero attached hydrogens (tertiary/aromatic N) is 5. The second kappa shape index (κ2) is 12.5. The third-order valence-corrected chi connectivity index (χ3v) is 8.66. The molecule has 0 radical (unpaired) electrons. The number of phenolic OH excluding ortho intramolecular Hbond substituents is 1. The largest absolute Gasteiger partial charge is 0.506 e. The van der Waals surface area contributed by atoms with E-state index in [2.05, 4.69) is 40.6 Å². The van der Waals surface area contributed by atoms with Crippen LogP contribution in [0.3, 0.4) is 0 Å². The number of hydrogen-bond donors (Lipinski definition) is 5. The molecule has 4 heterocycles. The number of alkyl halides is 3. The molecule has 6 rings (SSSR count). The maximum atomic E-state index is 13.8. The lowest BCUT2D eigenvalue weighted by molar-refractivity contribution is -0.137. The van der Waals surface area contributed by atoms with E-state index in [0.29, 0.717) is 30.2 Å². The molecule has 6 N–H and O–H groups in total. The van der Waals surface area contributed by atoms with Gasteiger partial charge in [0.05, 0.1) is 12.1 Å². The van der Waals surface area contributed by atoms with Gasteiger partial charge in [0, 0.05) is 82.2 Å². The number of rotatable bonds is 8. The average Bonchev–Trinajstić information content (AvgIpc) is 3.41. The predicted molar refractivity (Wildman–Crippen MR) is 162 cm³/mol. The third-order valence-electron chi connectivity index (χ3n) is 8.66. The zero-order valence-corrected chi connectivity index (χ0v) is 24.2. The number of carbonyl (C=O) groups excluding carboxylic acids is 1. The summed E-state index contributed by atoms with van der Waals surface area (Å²) in [6, 6.07) is 11.0. The number of hydrogen-bond acceptors (Lipinski definition) is 10. The standard InChI is InChI=1S/C30H36F3N9O2/c31-30(32,33)23-17-36-29(39-28(23)35-16-19-2-1-3-24-22(19)15-27(44)37-24)38-25-5-4-21(14-26(25)43)42-12-10-41(11-13-42)20-6-8-40(18-34)9-7-20/h1-5,14,17,20,43H,6-13,15-16,18,34H2,(H,37,44)(H2,35,36,38,39). The monoisotopic (exact) mass is 611 g/mol. The van der Waals surface area contributed by atoms with Crippen molar-refractivity contribution in [3.63, 3.8) is 0 Å². The Morgan fingerprint density at radius 3 is 2.55 bits per heavy atom. The van der Waals surface area contributed by atoms with Crippen molar-refractivity contribution in [1.29, 1.82) is 0 Å². The van der Waals surface area contributed by atoms with Crippen LogP contribution in [-0.2, 0) is 23.9 Å². The molecule has 0 atom stereocenters. The Morgan fingerprint density at radius 1 is 1.07 bits per heavy atom. The number of piperidine rings is 1. The summed E-state index contributed by atoms with van der Waals surface area (Å²) >= 11 is 0. The smallest absolute Gasteiger partial charge is 0.421 e. The van der Waals surface area contributed by atoms with Gasteiger partial charge in [0.25, 0.3) is 0 Å². The fraction of sp³-hybridized carbons (Fsp3) is 0.433. The lowest BCUT2D eigenvalue weighted by Gasteiger charge is -2.43. The zero-order valence-electron chi connectivity index (χ0n) is 24.2. The van der Waals surface area contributed by atoms with Gasteiger partial charge in [0.1, 0.15) is 17.1 Å². The molecule has 0 spiro atoms. The molecule has 2 aromatic carbocycles. The van der Waals surface area contributed by atoms with E-state index in [1.54, 1.807) is 30.3 Å². The molecule has 3 aromatic rings. The van der Waals surface area contributed by atoms with E-state index >= 15 is 0 Å². The third kappa shape index (κ3) is 6.51. The SMILES string of the molecule is NCN1CCC(N2CCN(c3ccc(Nc4ncc(C(F)(F)F)c(NCc5cccc6c5CC(=O)N6)n4)c(O)c3)CC2)CC1. The van der Waals surface area contributed by atoms with E-state index in [-0.39, 0.29) is 36.3 Å². The van der Waals surface area contributed by atoms with E-state index in [9.17, 15) is 23.1 Å². The van der Waals surface area contributed by atoms with E-state index in [1.165, 1.54) is 0 Å². The number of amides is 1. The van der Waals surface area contributed by atoms with Crippen LogP contribution in [0.15, 0.2) is 42.6 Å². The minimum absolute atomic E-state index is 0.0256. The maximum absolute atomic E-state index is 13.8. The van der Waals surface area contributed by atoms with Crippen molar-refractivity contribution in [1.82, 2.24) is 19.8 Å². The first-order valence-corrected chi connectivity index (χ1v) is 14.8. The molecule has 14 heteroatoms. The average molecular weight is 612 g/mol. The Hall–Kier alpha value is -4.14. The van der Waals surface area contributed by atoms with Gasteiger partial charge in [-0.15, -0.1) is 0 Å². The van der Waals surface area contributed by atoms with Gasteiger partial charge in [-0.1, -0.05) is 12.1 Å². The summed E-state index contributed by atoms with van der Waals surface area (Å²) in [6.45, 7) is 6.21. The fourth-order valence-electron chi connectivity index (χ4n) is 6.20. The van der Waals surface area contributed by atoms with Crippen LogP contribution in [0, 0.1) is 0 Å². The Bertz CT molecular complexity index is 1500. The van der Waals surface area contributed by atoms with Crippen molar-refractivity contribution in [2.45, 2.75) is 38.0 Å². The summed E-state index contributed by atoms with van der Waals surface area (Å²) in [7, 11) is 0. The summed E-state index contributed by atoms with van der Waals surface area (Å²) in [5.74, 6) is -0.737. The number of piperazine rings is 1. The normalized spacial score (nSPS) is 18.3. The molecular weight excluding hydrogens is 575 g/mol. The Morgan fingerprint density at radius 2 is 1.84 bits per heavy atom. The van der Waals surface area contributed by atoms with Crippen LogP contribution < -0.4 is 26.6 Å². The van der Waals surface area contributed by atoms with Crippen LogP contribution in [0.1, 0.15) is 29.5 Å². The van der Waals surface area contributed by atoms with Crippen LogP contribution in [0.4, 0.5) is 42.0 Å². The van der Waals surface area contributed by atoms with Crippen LogP contribution >= 0.6 is 0 Å². The first-order chi connectivity index (χ1) is 21.2. The number of nitrogens with one attached hydrogen (secondary N) is 3. The summed E-state index contributed by atoms with van der Waals surface area (Å²) in [5, 5.41) is 19.2. The Labute approximate surface area is 253 Å². The topological polar surface area (TPSA) is 135 Å². The first kappa shape index (κ1) is 29.9.